The number of nitrogens with zero attached hydrogens (tertiary/aromatic N) is 2. The number of pyridine rings is 1. The molecule has 7 heteroatoms. The van der Waals surface area contributed by atoms with Crippen LogP contribution in [-0.2, 0) is 16.4 Å². The van der Waals surface area contributed by atoms with E-state index in [-0.39, 0.29) is 11.9 Å². The number of amides is 1. The lowest BCUT2D eigenvalue weighted by Gasteiger charge is -2.30. The van der Waals surface area contributed by atoms with Gasteiger partial charge in [-0.05, 0) is 54.5 Å². The lowest BCUT2D eigenvalue weighted by molar-refractivity contribution is 0.0924. The first-order chi connectivity index (χ1) is 15.9. The summed E-state index contributed by atoms with van der Waals surface area (Å²) in [5.41, 5.74) is 5.71. The van der Waals surface area contributed by atoms with Gasteiger partial charge < -0.3 is 5.32 Å². The first-order valence-electron chi connectivity index (χ1n) is 11.3. The summed E-state index contributed by atoms with van der Waals surface area (Å²) in [6, 6.07) is 17.9. The van der Waals surface area contributed by atoms with Crippen molar-refractivity contribution in [1.82, 2.24) is 14.6 Å². The summed E-state index contributed by atoms with van der Waals surface area (Å²) in [7, 11) is -3.19. The molecular formula is C26H27N3O3S. The number of benzene rings is 2. The van der Waals surface area contributed by atoms with Crippen molar-refractivity contribution >= 4 is 38.5 Å². The van der Waals surface area contributed by atoms with E-state index in [4.69, 9.17) is 4.98 Å². The average Bonchev–Trinajstić information content (AvgIpc) is 3.19. The van der Waals surface area contributed by atoms with E-state index in [0.29, 0.717) is 31.5 Å². The van der Waals surface area contributed by atoms with Crippen molar-refractivity contribution in [3.05, 3.63) is 77.0 Å². The molecule has 5 rings (SSSR count). The topological polar surface area (TPSA) is 79.4 Å². The molecule has 1 aromatic heterocycles. The van der Waals surface area contributed by atoms with Crippen LogP contribution in [0.2, 0.25) is 0 Å². The minimum absolute atomic E-state index is 0.0428. The van der Waals surface area contributed by atoms with E-state index in [0.717, 1.165) is 46.1 Å². The SMILES string of the molecule is CS(=O)(=O)N1CCC(NC(=O)c2c3c(nc4ccccc24)/C(=C/c2ccccc2)CC3)CC1. The van der Waals surface area contributed by atoms with Gasteiger partial charge in [0, 0.05) is 24.5 Å². The number of sulfonamides is 1. The third kappa shape index (κ3) is 4.43. The van der Waals surface area contributed by atoms with Crippen LogP contribution in [0.5, 0.6) is 0 Å². The normalized spacial score (nSPS) is 18.5. The van der Waals surface area contributed by atoms with Gasteiger partial charge in [0.15, 0.2) is 0 Å². The lowest BCUT2D eigenvalue weighted by Crippen LogP contribution is -2.46. The number of allylic oxidation sites excluding steroid dienone is 1. The zero-order valence-corrected chi connectivity index (χ0v) is 19.4. The molecule has 1 saturated heterocycles. The van der Waals surface area contributed by atoms with E-state index < -0.39 is 10.0 Å². The Morgan fingerprint density at radius 2 is 1.73 bits per heavy atom. The zero-order valence-electron chi connectivity index (χ0n) is 18.6. The molecule has 2 heterocycles. The Hall–Kier alpha value is -3.03. The van der Waals surface area contributed by atoms with Gasteiger partial charge >= 0.3 is 0 Å². The summed E-state index contributed by atoms with van der Waals surface area (Å²) in [6.45, 7) is 0.867. The average molecular weight is 462 g/mol. The Bertz CT molecular complexity index is 1340. The van der Waals surface area contributed by atoms with Crippen molar-refractivity contribution in [2.24, 2.45) is 0 Å². The second kappa shape index (κ2) is 8.72. The van der Waals surface area contributed by atoms with Crippen LogP contribution in [0, 0.1) is 0 Å². The van der Waals surface area contributed by atoms with Gasteiger partial charge in [-0.1, -0.05) is 48.5 Å². The summed E-state index contributed by atoms with van der Waals surface area (Å²) in [6.07, 6.45) is 6.25. The van der Waals surface area contributed by atoms with E-state index in [9.17, 15) is 13.2 Å². The Kier molecular flexibility index (Phi) is 5.76. The van der Waals surface area contributed by atoms with Gasteiger partial charge in [-0.2, -0.15) is 0 Å². The number of hydrogen-bond donors (Lipinski definition) is 1. The smallest absolute Gasteiger partial charge is 0.252 e. The highest BCUT2D eigenvalue weighted by Gasteiger charge is 2.30. The van der Waals surface area contributed by atoms with Gasteiger partial charge in [-0.3, -0.25) is 4.79 Å². The Morgan fingerprint density at radius 1 is 1.03 bits per heavy atom. The van der Waals surface area contributed by atoms with Crippen LogP contribution in [0.3, 0.4) is 0 Å². The van der Waals surface area contributed by atoms with Gasteiger partial charge in [0.1, 0.15) is 0 Å². The standard InChI is InChI=1S/C26H27N3O3S/c1-33(31,32)29-15-13-20(14-16-29)27-26(30)24-21-9-5-6-10-23(21)28-25-19(11-12-22(24)25)17-18-7-3-2-4-8-18/h2-10,17,20H,11-16H2,1H3,(H,27,30)/b19-17+. The Labute approximate surface area is 194 Å². The Morgan fingerprint density at radius 3 is 2.45 bits per heavy atom. The quantitative estimate of drug-likeness (QED) is 0.640. The van der Waals surface area contributed by atoms with Gasteiger partial charge in [-0.15, -0.1) is 0 Å². The highest BCUT2D eigenvalue weighted by molar-refractivity contribution is 7.88. The molecule has 2 aromatic carbocycles. The highest BCUT2D eigenvalue weighted by atomic mass is 32.2. The molecule has 1 aliphatic heterocycles. The second-order valence-corrected chi connectivity index (χ2v) is 10.8. The number of carbonyl (C=O) groups excluding carboxylic acids is 1. The molecule has 170 valence electrons. The third-order valence-electron chi connectivity index (χ3n) is 6.57. The van der Waals surface area contributed by atoms with Gasteiger partial charge in [0.25, 0.3) is 5.91 Å². The maximum absolute atomic E-state index is 13.5. The van der Waals surface area contributed by atoms with Crippen molar-refractivity contribution in [2.75, 3.05) is 19.3 Å². The number of nitrogens with one attached hydrogen (secondary N) is 1. The summed E-state index contributed by atoms with van der Waals surface area (Å²) >= 11 is 0. The first-order valence-corrected chi connectivity index (χ1v) is 13.2. The zero-order chi connectivity index (χ0) is 23.0. The third-order valence-corrected chi connectivity index (χ3v) is 7.87. The van der Waals surface area contributed by atoms with Crippen LogP contribution in [0.4, 0.5) is 0 Å². The fourth-order valence-electron chi connectivity index (χ4n) is 4.88. The predicted molar refractivity (Wildman–Crippen MR) is 131 cm³/mol. The molecule has 0 unspecified atom stereocenters. The van der Waals surface area contributed by atoms with Crippen LogP contribution in [0.25, 0.3) is 22.6 Å². The van der Waals surface area contributed by atoms with Crippen molar-refractivity contribution in [1.29, 1.82) is 0 Å². The van der Waals surface area contributed by atoms with Crippen LogP contribution < -0.4 is 5.32 Å². The molecule has 0 spiro atoms. The molecule has 0 radical (unpaired) electrons. The monoisotopic (exact) mass is 461 g/mol. The molecule has 0 bridgehead atoms. The maximum atomic E-state index is 13.5. The number of aromatic nitrogens is 1. The number of carbonyl (C=O) groups is 1. The number of hydrogen-bond acceptors (Lipinski definition) is 4. The molecule has 0 atom stereocenters. The molecule has 3 aromatic rings. The first kappa shape index (κ1) is 21.8. The van der Waals surface area contributed by atoms with Crippen LogP contribution in [0.1, 0.15) is 46.4 Å². The predicted octanol–water partition coefficient (Wildman–Crippen LogP) is 3.88. The minimum Gasteiger partial charge on any atom is -0.349 e. The van der Waals surface area contributed by atoms with Gasteiger partial charge in [0.05, 0.1) is 23.0 Å². The summed E-state index contributed by atoms with van der Waals surface area (Å²) in [4.78, 5) is 18.5. The molecule has 1 aliphatic carbocycles. The summed E-state index contributed by atoms with van der Waals surface area (Å²) in [5.74, 6) is -0.0939. The largest absolute Gasteiger partial charge is 0.349 e. The van der Waals surface area contributed by atoms with Crippen molar-refractivity contribution in [3.63, 3.8) is 0 Å². The van der Waals surface area contributed by atoms with Gasteiger partial charge in [-0.25, -0.2) is 17.7 Å². The number of fused-ring (bicyclic) bond motifs is 2. The van der Waals surface area contributed by atoms with E-state index in [1.165, 1.54) is 10.6 Å². The number of para-hydroxylation sites is 1. The van der Waals surface area contributed by atoms with Crippen LogP contribution in [0.15, 0.2) is 54.6 Å². The highest BCUT2D eigenvalue weighted by Crippen LogP contribution is 2.37. The molecule has 1 amide bonds. The second-order valence-electron chi connectivity index (χ2n) is 8.82. The maximum Gasteiger partial charge on any atom is 0.252 e. The number of piperidine rings is 1. The van der Waals surface area contributed by atoms with Crippen molar-refractivity contribution < 1.29 is 13.2 Å². The van der Waals surface area contributed by atoms with Gasteiger partial charge in [0.2, 0.25) is 10.0 Å². The van der Waals surface area contributed by atoms with E-state index in [2.05, 4.69) is 23.5 Å². The minimum atomic E-state index is -3.19. The molecule has 2 aliphatic rings. The molecule has 33 heavy (non-hydrogen) atoms. The molecule has 6 nitrogen and oxygen atoms in total. The fourth-order valence-corrected chi connectivity index (χ4v) is 5.75. The summed E-state index contributed by atoms with van der Waals surface area (Å²) in [5, 5.41) is 4.05. The molecule has 0 saturated carbocycles. The lowest BCUT2D eigenvalue weighted by atomic mass is 9.98. The van der Waals surface area contributed by atoms with Crippen LogP contribution >= 0.6 is 0 Å². The van der Waals surface area contributed by atoms with Crippen LogP contribution in [-0.4, -0.2) is 49.0 Å². The van der Waals surface area contributed by atoms with Crippen molar-refractivity contribution in [3.8, 4) is 0 Å². The van der Waals surface area contributed by atoms with E-state index in [1.807, 2.05) is 42.5 Å². The van der Waals surface area contributed by atoms with E-state index >= 15 is 0 Å². The molecular weight excluding hydrogens is 434 g/mol. The molecule has 1 N–H and O–H groups in total. The van der Waals surface area contributed by atoms with E-state index in [1.54, 1.807) is 0 Å². The van der Waals surface area contributed by atoms with Crippen molar-refractivity contribution in [2.45, 2.75) is 31.7 Å². The fraction of sp³-hybridized carbons (Fsp3) is 0.308. The Balaban J connectivity index is 1.47. The number of rotatable bonds is 4. The molecule has 1 fully saturated rings. The summed E-state index contributed by atoms with van der Waals surface area (Å²) < 4.78 is 25.1.